The van der Waals surface area contributed by atoms with Crippen LogP contribution in [0.4, 0.5) is 11.4 Å². The molecule has 0 aromatic heterocycles. The van der Waals surface area contributed by atoms with E-state index in [0.717, 1.165) is 26.2 Å². The zero-order valence-corrected chi connectivity index (χ0v) is 16.4. The van der Waals surface area contributed by atoms with Crippen LogP contribution in [-0.2, 0) is 0 Å². The molecule has 4 rings (SSSR count). The normalized spacial score (nSPS) is 16.5. The molecular formula is C23H30N4. The smallest absolute Gasteiger partial charge is 0.0442 e. The monoisotopic (exact) mass is 362 g/mol. The second kappa shape index (κ2) is 8.05. The van der Waals surface area contributed by atoms with Crippen LogP contribution in [0.5, 0.6) is 0 Å². The number of piperidine rings is 1. The first kappa shape index (κ1) is 17.9. The van der Waals surface area contributed by atoms with E-state index in [1.807, 2.05) is 0 Å². The van der Waals surface area contributed by atoms with Crippen molar-refractivity contribution in [2.75, 3.05) is 36.8 Å². The largest absolute Gasteiger partial charge is 0.387 e. The molecule has 0 radical (unpaired) electrons. The Hall–Kier alpha value is -2.46. The van der Waals surface area contributed by atoms with Gasteiger partial charge in [0, 0.05) is 41.9 Å². The van der Waals surface area contributed by atoms with E-state index in [1.165, 1.54) is 51.3 Å². The Kier molecular flexibility index (Phi) is 5.35. The Balaban J connectivity index is 1.73. The molecule has 142 valence electrons. The van der Waals surface area contributed by atoms with Gasteiger partial charge >= 0.3 is 0 Å². The van der Waals surface area contributed by atoms with E-state index in [1.54, 1.807) is 0 Å². The minimum absolute atomic E-state index is 0.541. The van der Waals surface area contributed by atoms with Gasteiger partial charge in [-0.25, -0.2) is 0 Å². The number of fused-ring (bicyclic) bond motifs is 1. The maximum Gasteiger partial charge on any atom is 0.0442 e. The fourth-order valence-electron chi connectivity index (χ4n) is 4.04. The summed E-state index contributed by atoms with van der Waals surface area (Å²) >= 11 is 0. The highest BCUT2D eigenvalue weighted by atomic mass is 15.0. The first-order valence-corrected chi connectivity index (χ1v) is 10.1. The molecule has 4 nitrogen and oxygen atoms in total. The van der Waals surface area contributed by atoms with E-state index in [4.69, 9.17) is 0 Å². The highest BCUT2D eigenvalue weighted by molar-refractivity contribution is 5.73. The Labute approximate surface area is 161 Å². The van der Waals surface area contributed by atoms with E-state index in [-0.39, 0.29) is 0 Å². The molecule has 0 saturated carbocycles. The summed E-state index contributed by atoms with van der Waals surface area (Å²) in [4.78, 5) is 0. The molecule has 0 unspecified atom stereocenters. The summed E-state index contributed by atoms with van der Waals surface area (Å²) in [5.74, 6) is 0. The molecule has 4 heteroatoms. The SMILES string of the molecule is CCNc1ccc(-c2cc(NC3CCNCC3)c3c(c2)=CCNC=3)cc1C. The molecule has 2 aliphatic heterocycles. The molecule has 4 N–H and O–H groups in total. The van der Waals surface area contributed by atoms with Crippen molar-refractivity contribution in [3.8, 4) is 11.1 Å². The van der Waals surface area contributed by atoms with Crippen LogP contribution in [0, 0.1) is 6.92 Å². The van der Waals surface area contributed by atoms with Crippen LogP contribution in [-0.4, -0.2) is 32.2 Å². The molecule has 2 aromatic carbocycles. The minimum atomic E-state index is 0.541. The lowest BCUT2D eigenvalue weighted by Gasteiger charge is -2.25. The number of benzene rings is 2. The Morgan fingerprint density at radius 2 is 1.89 bits per heavy atom. The van der Waals surface area contributed by atoms with E-state index < -0.39 is 0 Å². The van der Waals surface area contributed by atoms with E-state index >= 15 is 0 Å². The third-order valence-corrected chi connectivity index (χ3v) is 5.52. The highest BCUT2D eigenvalue weighted by Crippen LogP contribution is 2.25. The molecule has 0 atom stereocenters. The summed E-state index contributed by atoms with van der Waals surface area (Å²) in [6.45, 7) is 8.34. The van der Waals surface area contributed by atoms with Crippen LogP contribution in [0.2, 0.25) is 0 Å². The maximum absolute atomic E-state index is 3.82. The summed E-state index contributed by atoms with van der Waals surface area (Å²) in [5, 5.41) is 16.7. The van der Waals surface area contributed by atoms with E-state index in [2.05, 4.69) is 77.7 Å². The van der Waals surface area contributed by atoms with Gasteiger partial charge in [0.2, 0.25) is 0 Å². The lowest BCUT2D eigenvalue weighted by atomic mass is 9.98. The van der Waals surface area contributed by atoms with Gasteiger partial charge in [-0.2, -0.15) is 0 Å². The second-order valence-corrected chi connectivity index (χ2v) is 7.51. The van der Waals surface area contributed by atoms with Crippen molar-refractivity contribution >= 4 is 23.7 Å². The van der Waals surface area contributed by atoms with Crippen LogP contribution in [0.25, 0.3) is 23.4 Å². The number of aryl methyl sites for hydroxylation is 1. The van der Waals surface area contributed by atoms with Gasteiger partial charge in [0.25, 0.3) is 0 Å². The Morgan fingerprint density at radius 1 is 1.04 bits per heavy atom. The van der Waals surface area contributed by atoms with Crippen LogP contribution in [0.15, 0.2) is 30.3 Å². The predicted octanol–water partition coefficient (Wildman–Crippen LogP) is 2.38. The highest BCUT2D eigenvalue weighted by Gasteiger charge is 2.14. The molecule has 2 aliphatic rings. The minimum Gasteiger partial charge on any atom is -0.387 e. The summed E-state index contributed by atoms with van der Waals surface area (Å²) in [5.41, 5.74) is 6.31. The van der Waals surface area contributed by atoms with Gasteiger partial charge < -0.3 is 21.3 Å². The van der Waals surface area contributed by atoms with E-state index in [0.29, 0.717) is 6.04 Å². The quantitative estimate of drug-likeness (QED) is 0.660. The van der Waals surface area contributed by atoms with Crippen molar-refractivity contribution in [2.45, 2.75) is 32.7 Å². The van der Waals surface area contributed by atoms with Gasteiger partial charge in [-0.1, -0.05) is 12.1 Å². The van der Waals surface area contributed by atoms with Crippen LogP contribution in [0.1, 0.15) is 25.3 Å². The number of rotatable bonds is 5. The summed E-state index contributed by atoms with van der Waals surface area (Å²) in [6, 6.07) is 11.9. The molecule has 1 saturated heterocycles. The zero-order chi connectivity index (χ0) is 18.6. The van der Waals surface area contributed by atoms with Gasteiger partial charge in [-0.3, -0.25) is 0 Å². The Morgan fingerprint density at radius 3 is 2.67 bits per heavy atom. The molecule has 0 spiro atoms. The van der Waals surface area contributed by atoms with Crippen LogP contribution >= 0.6 is 0 Å². The molecule has 2 heterocycles. The number of anilines is 2. The average Bonchev–Trinajstić information content (AvgIpc) is 2.70. The van der Waals surface area contributed by atoms with Crippen molar-refractivity contribution < 1.29 is 0 Å². The van der Waals surface area contributed by atoms with Crippen molar-refractivity contribution in [1.29, 1.82) is 0 Å². The van der Waals surface area contributed by atoms with Crippen LogP contribution < -0.4 is 31.7 Å². The third-order valence-electron chi connectivity index (χ3n) is 5.52. The van der Waals surface area contributed by atoms with Crippen LogP contribution in [0.3, 0.4) is 0 Å². The first-order chi connectivity index (χ1) is 13.2. The number of hydrogen-bond donors (Lipinski definition) is 4. The third kappa shape index (κ3) is 3.96. The van der Waals surface area contributed by atoms with Gasteiger partial charge in [-0.05, 0) is 86.0 Å². The first-order valence-electron chi connectivity index (χ1n) is 10.1. The predicted molar refractivity (Wildman–Crippen MR) is 116 cm³/mol. The summed E-state index contributed by atoms with van der Waals surface area (Å²) in [7, 11) is 0. The van der Waals surface area contributed by atoms with Gasteiger partial charge in [-0.15, -0.1) is 0 Å². The molecule has 0 aliphatic carbocycles. The molecule has 0 amide bonds. The number of hydrogen-bond acceptors (Lipinski definition) is 4. The zero-order valence-electron chi connectivity index (χ0n) is 16.4. The molecule has 0 bridgehead atoms. The maximum atomic E-state index is 3.82. The van der Waals surface area contributed by atoms with Crippen molar-refractivity contribution in [2.24, 2.45) is 0 Å². The standard InChI is InChI=1S/C23H30N4/c1-3-26-22-5-4-17(12-16(22)2)19-13-18-6-9-25-15-21(18)23(14-19)27-20-7-10-24-11-8-20/h4-6,12-15,20,24-27H,3,7-11H2,1-2H3. The second-order valence-electron chi connectivity index (χ2n) is 7.51. The average molecular weight is 363 g/mol. The fraction of sp³-hybridized carbons (Fsp3) is 0.391. The topological polar surface area (TPSA) is 48.1 Å². The fourth-order valence-corrected chi connectivity index (χ4v) is 4.04. The van der Waals surface area contributed by atoms with Crippen molar-refractivity contribution in [3.63, 3.8) is 0 Å². The molecule has 2 aromatic rings. The summed E-state index contributed by atoms with van der Waals surface area (Å²) < 4.78 is 0. The molecular weight excluding hydrogens is 332 g/mol. The lowest BCUT2D eigenvalue weighted by Crippen LogP contribution is -2.40. The van der Waals surface area contributed by atoms with Gasteiger partial charge in [0.15, 0.2) is 0 Å². The van der Waals surface area contributed by atoms with Gasteiger partial charge in [0.1, 0.15) is 0 Å². The van der Waals surface area contributed by atoms with Crippen molar-refractivity contribution in [3.05, 3.63) is 46.3 Å². The number of nitrogens with one attached hydrogen (secondary N) is 4. The Bertz CT molecular complexity index is 926. The molecule has 1 fully saturated rings. The van der Waals surface area contributed by atoms with Gasteiger partial charge in [0.05, 0.1) is 0 Å². The van der Waals surface area contributed by atoms with Crippen molar-refractivity contribution in [1.82, 2.24) is 10.6 Å². The summed E-state index contributed by atoms with van der Waals surface area (Å²) in [6.07, 6.45) is 6.79. The molecule has 27 heavy (non-hydrogen) atoms. The lowest BCUT2D eigenvalue weighted by molar-refractivity contribution is 0.479. The van der Waals surface area contributed by atoms with E-state index in [9.17, 15) is 0 Å².